The van der Waals surface area contributed by atoms with Crippen molar-refractivity contribution in [2.24, 2.45) is 0 Å². The van der Waals surface area contributed by atoms with E-state index in [1.54, 1.807) is 0 Å². The van der Waals surface area contributed by atoms with E-state index in [4.69, 9.17) is 0 Å². The van der Waals surface area contributed by atoms with Gasteiger partial charge in [0.15, 0.2) is 0 Å². The van der Waals surface area contributed by atoms with Gasteiger partial charge >= 0.3 is 0 Å². The average molecular weight is 207 g/mol. The predicted octanol–water partition coefficient (Wildman–Crippen LogP) is 1.20. The zero-order valence-corrected chi connectivity index (χ0v) is 9.65. The first-order valence-corrected chi connectivity index (χ1v) is 6.77. The number of nitrogens with one attached hydrogen (secondary N) is 1. The highest BCUT2D eigenvalue weighted by atomic mass is 32.2. The lowest BCUT2D eigenvalue weighted by Gasteiger charge is -2.11. The largest absolute Gasteiger partial charge is 0.314 e. The Labute approximate surface area is 81.8 Å². The van der Waals surface area contributed by atoms with Gasteiger partial charge in [0.1, 0.15) is 9.84 Å². The summed E-state index contributed by atoms with van der Waals surface area (Å²) in [6, 6.07) is 0.302. The highest BCUT2D eigenvalue weighted by molar-refractivity contribution is 7.91. The van der Waals surface area contributed by atoms with Crippen molar-refractivity contribution in [1.29, 1.82) is 0 Å². The molecule has 0 saturated carbocycles. The summed E-state index contributed by atoms with van der Waals surface area (Å²) in [5, 5.41) is 3.20. The fourth-order valence-electron chi connectivity index (χ4n) is 1.22. The molecule has 0 spiro atoms. The number of hydrogen-bond donors (Lipinski definition) is 1. The topological polar surface area (TPSA) is 46.2 Å². The van der Waals surface area contributed by atoms with Gasteiger partial charge in [-0.2, -0.15) is 0 Å². The van der Waals surface area contributed by atoms with Gasteiger partial charge in [-0.05, 0) is 26.3 Å². The predicted molar refractivity (Wildman–Crippen MR) is 56.7 cm³/mol. The molecule has 0 bridgehead atoms. The fourth-order valence-corrected chi connectivity index (χ4v) is 2.76. The van der Waals surface area contributed by atoms with E-state index in [1.165, 1.54) is 0 Å². The number of hydrogen-bond acceptors (Lipinski definition) is 3. The van der Waals surface area contributed by atoms with Gasteiger partial charge in [0.05, 0.1) is 5.75 Å². The van der Waals surface area contributed by atoms with Crippen LogP contribution in [-0.2, 0) is 9.84 Å². The fraction of sp³-hybridized carbons (Fsp3) is 1.00. The Morgan fingerprint density at radius 3 is 2.31 bits per heavy atom. The molecule has 0 aromatic carbocycles. The van der Waals surface area contributed by atoms with Crippen LogP contribution >= 0.6 is 0 Å². The highest BCUT2D eigenvalue weighted by Crippen LogP contribution is 1.99. The molecule has 0 aromatic rings. The summed E-state index contributed by atoms with van der Waals surface area (Å²) in [7, 11) is -2.79. The van der Waals surface area contributed by atoms with Gasteiger partial charge in [0, 0.05) is 11.8 Å². The molecule has 80 valence electrons. The third kappa shape index (κ3) is 7.02. The first-order valence-electron chi connectivity index (χ1n) is 4.95. The van der Waals surface area contributed by atoms with E-state index in [0.29, 0.717) is 17.5 Å². The van der Waals surface area contributed by atoms with Crippen LogP contribution in [-0.4, -0.2) is 32.5 Å². The second kappa shape index (κ2) is 6.38. The van der Waals surface area contributed by atoms with Crippen LogP contribution < -0.4 is 5.32 Å². The first-order chi connectivity index (χ1) is 6.02. The Balaban J connectivity index is 3.74. The molecule has 0 aliphatic heterocycles. The molecule has 0 radical (unpaired) electrons. The molecule has 0 saturated heterocycles. The molecule has 0 aliphatic carbocycles. The monoisotopic (exact) mass is 207 g/mol. The molecule has 1 unspecified atom stereocenters. The summed E-state index contributed by atoms with van der Waals surface area (Å²) in [4.78, 5) is 0. The second-order valence-electron chi connectivity index (χ2n) is 3.40. The maximum atomic E-state index is 11.3. The minimum Gasteiger partial charge on any atom is -0.314 e. The van der Waals surface area contributed by atoms with E-state index >= 15 is 0 Å². The van der Waals surface area contributed by atoms with Crippen molar-refractivity contribution in [1.82, 2.24) is 5.32 Å². The third-order valence-corrected chi connectivity index (χ3v) is 3.82. The average Bonchev–Trinajstić information content (AvgIpc) is 2.02. The lowest BCUT2D eigenvalue weighted by molar-refractivity contribution is 0.540. The van der Waals surface area contributed by atoms with Gasteiger partial charge < -0.3 is 5.32 Å². The van der Waals surface area contributed by atoms with E-state index in [0.717, 1.165) is 19.4 Å². The van der Waals surface area contributed by atoms with Crippen LogP contribution in [0.4, 0.5) is 0 Å². The number of rotatable bonds is 7. The van der Waals surface area contributed by atoms with Crippen LogP contribution in [0.3, 0.4) is 0 Å². The van der Waals surface area contributed by atoms with Crippen molar-refractivity contribution < 1.29 is 8.42 Å². The summed E-state index contributed by atoms with van der Waals surface area (Å²) in [6.45, 7) is 6.84. The van der Waals surface area contributed by atoms with Crippen molar-refractivity contribution in [3.05, 3.63) is 0 Å². The first kappa shape index (κ1) is 12.9. The molecular weight excluding hydrogens is 186 g/mol. The number of sulfone groups is 1. The lowest BCUT2D eigenvalue weighted by Crippen LogP contribution is -2.28. The van der Waals surface area contributed by atoms with Crippen LogP contribution in [0.2, 0.25) is 0 Å². The molecule has 0 amide bonds. The molecule has 4 heteroatoms. The standard InChI is InChI=1S/C9H21NO2S/c1-4-7-13(11,12)8-6-9(3)10-5-2/h9-10H,4-8H2,1-3H3. The zero-order valence-electron chi connectivity index (χ0n) is 8.84. The van der Waals surface area contributed by atoms with Gasteiger partial charge in [-0.3, -0.25) is 0 Å². The smallest absolute Gasteiger partial charge is 0.150 e. The van der Waals surface area contributed by atoms with E-state index in [1.807, 2.05) is 20.8 Å². The van der Waals surface area contributed by atoms with Gasteiger partial charge in [-0.25, -0.2) is 8.42 Å². The quantitative estimate of drug-likeness (QED) is 0.682. The van der Waals surface area contributed by atoms with Gasteiger partial charge in [0.2, 0.25) is 0 Å². The summed E-state index contributed by atoms with van der Waals surface area (Å²) >= 11 is 0. The van der Waals surface area contributed by atoms with E-state index in [2.05, 4.69) is 5.32 Å². The molecular formula is C9H21NO2S. The SMILES string of the molecule is CCCS(=O)(=O)CCC(C)NCC. The molecule has 1 N–H and O–H groups in total. The molecule has 1 atom stereocenters. The van der Waals surface area contributed by atoms with Crippen LogP contribution in [0.25, 0.3) is 0 Å². The summed E-state index contributed by atoms with van der Waals surface area (Å²) < 4.78 is 22.6. The maximum Gasteiger partial charge on any atom is 0.150 e. The molecule has 13 heavy (non-hydrogen) atoms. The minimum atomic E-state index is -2.79. The molecule has 0 fully saturated rings. The van der Waals surface area contributed by atoms with Crippen molar-refractivity contribution in [2.75, 3.05) is 18.1 Å². The van der Waals surface area contributed by atoms with Crippen LogP contribution in [0.15, 0.2) is 0 Å². The van der Waals surface area contributed by atoms with Crippen LogP contribution in [0.1, 0.15) is 33.6 Å². The molecule has 0 aromatic heterocycles. The second-order valence-corrected chi connectivity index (χ2v) is 5.70. The third-order valence-electron chi connectivity index (χ3n) is 1.93. The maximum absolute atomic E-state index is 11.3. The van der Waals surface area contributed by atoms with Crippen LogP contribution in [0.5, 0.6) is 0 Å². The Bertz CT molecular complexity index is 212. The minimum absolute atomic E-state index is 0.302. The molecule has 0 heterocycles. The van der Waals surface area contributed by atoms with Gasteiger partial charge in [-0.1, -0.05) is 13.8 Å². The molecule has 3 nitrogen and oxygen atoms in total. The molecule has 0 rings (SSSR count). The Morgan fingerprint density at radius 1 is 1.23 bits per heavy atom. The summed E-state index contributed by atoms with van der Waals surface area (Å²) in [6.07, 6.45) is 1.44. The van der Waals surface area contributed by atoms with Gasteiger partial charge in [0.25, 0.3) is 0 Å². The van der Waals surface area contributed by atoms with Crippen molar-refractivity contribution in [2.45, 2.75) is 39.7 Å². The van der Waals surface area contributed by atoms with Crippen molar-refractivity contribution >= 4 is 9.84 Å². The Morgan fingerprint density at radius 2 is 1.85 bits per heavy atom. The highest BCUT2D eigenvalue weighted by Gasteiger charge is 2.10. The van der Waals surface area contributed by atoms with E-state index in [-0.39, 0.29) is 0 Å². The Hall–Kier alpha value is -0.0900. The van der Waals surface area contributed by atoms with Gasteiger partial charge in [-0.15, -0.1) is 0 Å². The lowest BCUT2D eigenvalue weighted by atomic mass is 10.3. The van der Waals surface area contributed by atoms with Crippen molar-refractivity contribution in [3.8, 4) is 0 Å². The van der Waals surface area contributed by atoms with E-state index in [9.17, 15) is 8.42 Å². The van der Waals surface area contributed by atoms with Crippen LogP contribution in [0, 0.1) is 0 Å². The molecule has 0 aliphatic rings. The zero-order chi connectivity index (χ0) is 10.3. The summed E-state index contributed by atoms with van der Waals surface area (Å²) in [5.74, 6) is 0.640. The summed E-state index contributed by atoms with van der Waals surface area (Å²) in [5.41, 5.74) is 0. The Kier molecular flexibility index (Phi) is 6.33. The normalized spacial score (nSPS) is 14.4. The van der Waals surface area contributed by atoms with Crippen molar-refractivity contribution in [3.63, 3.8) is 0 Å². The van der Waals surface area contributed by atoms with E-state index < -0.39 is 9.84 Å².